The smallest absolute Gasteiger partial charge is 0.123 e. The average molecular weight is 189 g/mol. The van der Waals surface area contributed by atoms with Gasteiger partial charge in [0.2, 0.25) is 0 Å². The van der Waals surface area contributed by atoms with Gasteiger partial charge in [-0.25, -0.2) is 0 Å². The van der Waals surface area contributed by atoms with Crippen molar-refractivity contribution in [3.05, 3.63) is 29.8 Å². The van der Waals surface area contributed by atoms with E-state index in [-0.39, 0.29) is 6.04 Å². The van der Waals surface area contributed by atoms with Crippen LogP contribution in [0.4, 0.5) is 0 Å². The molecule has 0 amide bonds. The van der Waals surface area contributed by atoms with Gasteiger partial charge in [-0.05, 0) is 13.0 Å². The summed E-state index contributed by atoms with van der Waals surface area (Å²) in [5.74, 6) is 6.63. The van der Waals surface area contributed by atoms with Gasteiger partial charge in [-0.3, -0.25) is 0 Å². The molecule has 74 valence electrons. The van der Waals surface area contributed by atoms with E-state index < -0.39 is 0 Å². The first kappa shape index (κ1) is 10.6. The van der Waals surface area contributed by atoms with Crippen LogP contribution in [0.3, 0.4) is 0 Å². The SMILES string of the molecule is CC#CCC(N)c1ccccc1OC. The highest BCUT2D eigenvalue weighted by atomic mass is 16.5. The molecule has 0 heterocycles. The molecule has 0 aliphatic carbocycles. The Morgan fingerprint density at radius 3 is 2.79 bits per heavy atom. The van der Waals surface area contributed by atoms with Gasteiger partial charge >= 0.3 is 0 Å². The van der Waals surface area contributed by atoms with Crippen LogP contribution in [-0.4, -0.2) is 7.11 Å². The number of nitrogens with two attached hydrogens (primary N) is 1. The van der Waals surface area contributed by atoms with Crippen LogP contribution in [0.1, 0.15) is 24.9 Å². The summed E-state index contributed by atoms with van der Waals surface area (Å²) >= 11 is 0. The average Bonchev–Trinajstić information content (AvgIpc) is 2.25. The molecule has 0 radical (unpaired) electrons. The summed E-state index contributed by atoms with van der Waals surface area (Å²) in [4.78, 5) is 0. The predicted octanol–water partition coefficient (Wildman–Crippen LogP) is 2.11. The summed E-state index contributed by atoms with van der Waals surface area (Å²) in [6.07, 6.45) is 0.664. The Labute approximate surface area is 85.1 Å². The molecule has 0 bridgehead atoms. The largest absolute Gasteiger partial charge is 0.496 e. The number of hydrogen-bond donors (Lipinski definition) is 1. The molecular weight excluding hydrogens is 174 g/mol. The van der Waals surface area contributed by atoms with Crippen molar-refractivity contribution in [2.45, 2.75) is 19.4 Å². The van der Waals surface area contributed by atoms with Gasteiger partial charge in [0, 0.05) is 18.0 Å². The van der Waals surface area contributed by atoms with Crippen molar-refractivity contribution in [1.82, 2.24) is 0 Å². The Bertz CT molecular complexity index is 349. The summed E-state index contributed by atoms with van der Waals surface area (Å²) in [5, 5.41) is 0. The minimum absolute atomic E-state index is 0.0707. The quantitative estimate of drug-likeness (QED) is 0.739. The summed E-state index contributed by atoms with van der Waals surface area (Å²) in [6.45, 7) is 1.81. The molecule has 2 heteroatoms. The van der Waals surface area contributed by atoms with Crippen LogP contribution >= 0.6 is 0 Å². The van der Waals surface area contributed by atoms with Crippen molar-refractivity contribution in [2.24, 2.45) is 5.73 Å². The molecule has 0 aliphatic rings. The third kappa shape index (κ3) is 2.51. The van der Waals surface area contributed by atoms with Crippen molar-refractivity contribution in [3.63, 3.8) is 0 Å². The van der Waals surface area contributed by atoms with Gasteiger partial charge in [-0.1, -0.05) is 18.2 Å². The van der Waals surface area contributed by atoms with Gasteiger partial charge in [0.15, 0.2) is 0 Å². The zero-order valence-corrected chi connectivity index (χ0v) is 8.58. The third-order valence-electron chi connectivity index (χ3n) is 2.04. The summed E-state index contributed by atoms with van der Waals surface area (Å²) in [6, 6.07) is 7.70. The molecule has 1 aromatic rings. The molecule has 2 N–H and O–H groups in total. The molecule has 1 atom stereocenters. The molecule has 2 nitrogen and oxygen atoms in total. The van der Waals surface area contributed by atoms with Crippen LogP contribution in [0.25, 0.3) is 0 Å². The van der Waals surface area contributed by atoms with E-state index in [1.165, 1.54) is 0 Å². The lowest BCUT2D eigenvalue weighted by Gasteiger charge is -2.12. The second-order valence-corrected chi connectivity index (χ2v) is 2.98. The van der Waals surface area contributed by atoms with E-state index in [1.54, 1.807) is 7.11 Å². The lowest BCUT2D eigenvalue weighted by atomic mass is 10.0. The van der Waals surface area contributed by atoms with Crippen molar-refractivity contribution < 1.29 is 4.74 Å². The molecule has 0 aliphatic heterocycles. The summed E-state index contributed by atoms with van der Waals surface area (Å²) in [7, 11) is 1.65. The maximum atomic E-state index is 5.97. The van der Waals surface area contributed by atoms with Crippen molar-refractivity contribution in [2.75, 3.05) is 7.11 Å². The standard InChI is InChI=1S/C12H15NO/c1-3-4-8-11(13)10-7-5-6-9-12(10)14-2/h5-7,9,11H,8,13H2,1-2H3. The van der Waals surface area contributed by atoms with E-state index in [0.717, 1.165) is 11.3 Å². The molecule has 0 aromatic heterocycles. The topological polar surface area (TPSA) is 35.2 Å². The Morgan fingerprint density at radius 1 is 1.43 bits per heavy atom. The Balaban J connectivity index is 2.85. The van der Waals surface area contributed by atoms with Crippen LogP contribution in [-0.2, 0) is 0 Å². The molecule has 0 saturated heterocycles. The number of rotatable bonds is 3. The Kier molecular flexibility index (Phi) is 4.03. The first-order chi connectivity index (χ1) is 6.79. The van der Waals surface area contributed by atoms with Crippen molar-refractivity contribution >= 4 is 0 Å². The van der Waals surface area contributed by atoms with Gasteiger partial charge < -0.3 is 10.5 Å². The zero-order valence-electron chi connectivity index (χ0n) is 8.58. The van der Waals surface area contributed by atoms with E-state index in [0.29, 0.717) is 6.42 Å². The fourth-order valence-electron chi connectivity index (χ4n) is 1.29. The number of methoxy groups -OCH3 is 1. The number of ether oxygens (including phenoxy) is 1. The van der Waals surface area contributed by atoms with Crippen molar-refractivity contribution in [3.8, 4) is 17.6 Å². The summed E-state index contributed by atoms with van der Waals surface area (Å²) < 4.78 is 5.22. The monoisotopic (exact) mass is 189 g/mol. The van der Waals surface area contributed by atoms with E-state index in [9.17, 15) is 0 Å². The van der Waals surface area contributed by atoms with Crippen LogP contribution < -0.4 is 10.5 Å². The highest BCUT2D eigenvalue weighted by molar-refractivity contribution is 5.36. The third-order valence-corrected chi connectivity index (χ3v) is 2.04. The fourth-order valence-corrected chi connectivity index (χ4v) is 1.29. The highest BCUT2D eigenvalue weighted by Gasteiger charge is 2.09. The van der Waals surface area contributed by atoms with Gasteiger partial charge in [0.25, 0.3) is 0 Å². The second kappa shape index (κ2) is 5.31. The van der Waals surface area contributed by atoms with Crippen molar-refractivity contribution in [1.29, 1.82) is 0 Å². The van der Waals surface area contributed by atoms with E-state index in [1.807, 2.05) is 31.2 Å². The summed E-state index contributed by atoms with van der Waals surface area (Å²) in [5.41, 5.74) is 6.99. The second-order valence-electron chi connectivity index (χ2n) is 2.98. The normalized spacial score (nSPS) is 11.4. The first-order valence-corrected chi connectivity index (χ1v) is 4.57. The highest BCUT2D eigenvalue weighted by Crippen LogP contribution is 2.24. The number of hydrogen-bond acceptors (Lipinski definition) is 2. The molecular formula is C12H15NO. The Morgan fingerprint density at radius 2 is 2.14 bits per heavy atom. The van der Waals surface area contributed by atoms with Gasteiger partial charge in [0.05, 0.1) is 7.11 Å². The van der Waals surface area contributed by atoms with Crippen LogP contribution in [0.2, 0.25) is 0 Å². The zero-order chi connectivity index (χ0) is 10.4. The fraction of sp³-hybridized carbons (Fsp3) is 0.333. The first-order valence-electron chi connectivity index (χ1n) is 4.57. The molecule has 0 fully saturated rings. The van der Waals surface area contributed by atoms with Gasteiger partial charge in [-0.15, -0.1) is 11.8 Å². The molecule has 14 heavy (non-hydrogen) atoms. The lowest BCUT2D eigenvalue weighted by molar-refractivity contribution is 0.406. The maximum absolute atomic E-state index is 5.97. The van der Waals surface area contributed by atoms with E-state index in [4.69, 9.17) is 10.5 Å². The molecule has 1 aromatic carbocycles. The van der Waals surface area contributed by atoms with Gasteiger partial charge in [-0.2, -0.15) is 0 Å². The molecule has 0 spiro atoms. The lowest BCUT2D eigenvalue weighted by Crippen LogP contribution is -2.10. The number of benzene rings is 1. The number of para-hydroxylation sites is 1. The van der Waals surface area contributed by atoms with E-state index in [2.05, 4.69) is 11.8 Å². The van der Waals surface area contributed by atoms with Crippen LogP contribution in [0.15, 0.2) is 24.3 Å². The van der Waals surface area contributed by atoms with Gasteiger partial charge in [0.1, 0.15) is 5.75 Å². The molecule has 1 rings (SSSR count). The predicted molar refractivity (Wildman–Crippen MR) is 58.0 cm³/mol. The maximum Gasteiger partial charge on any atom is 0.123 e. The minimum atomic E-state index is -0.0707. The van der Waals surface area contributed by atoms with Crippen LogP contribution in [0, 0.1) is 11.8 Å². The minimum Gasteiger partial charge on any atom is -0.496 e. The van der Waals surface area contributed by atoms with E-state index >= 15 is 0 Å². The molecule has 0 saturated carbocycles. The van der Waals surface area contributed by atoms with Crippen LogP contribution in [0.5, 0.6) is 5.75 Å². The Hall–Kier alpha value is -1.46. The molecule has 1 unspecified atom stereocenters.